The molecule has 0 unspecified atom stereocenters. The summed E-state index contributed by atoms with van der Waals surface area (Å²) in [5.41, 5.74) is 5.16. The van der Waals surface area contributed by atoms with Crippen LogP contribution in [0, 0.1) is 5.82 Å². The Labute approximate surface area is 200 Å². The highest BCUT2D eigenvalue weighted by Crippen LogP contribution is 2.31. The zero-order valence-corrected chi connectivity index (χ0v) is 20.1. The summed E-state index contributed by atoms with van der Waals surface area (Å²) < 4.78 is 20.9. The van der Waals surface area contributed by atoms with Crippen LogP contribution < -0.4 is 21.4 Å². The summed E-state index contributed by atoms with van der Waals surface area (Å²) in [7, 11) is 1.71. The number of anilines is 1. The molecule has 4 rings (SSSR count). The molecule has 180 valence electrons. The maximum Gasteiger partial charge on any atom is 0.315 e. The number of carbonyl (C=O) groups excluding carboxylic acids is 1. The maximum atomic E-state index is 13.5. The summed E-state index contributed by atoms with van der Waals surface area (Å²) in [6.45, 7) is 6.98. The van der Waals surface area contributed by atoms with E-state index in [0.29, 0.717) is 24.6 Å². The number of pyridine rings is 1. The van der Waals surface area contributed by atoms with E-state index in [-0.39, 0.29) is 11.8 Å². The molecule has 1 fully saturated rings. The van der Waals surface area contributed by atoms with Crippen LogP contribution in [-0.2, 0) is 30.8 Å². The van der Waals surface area contributed by atoms with Crippen molar-refractivity contribution >= 4 is 36.1 Å². The Kier molecular flexibility index (Phi) is 7.67. The number of amides is 2. The van der Waals surface area contributed by atoms with Crippen LogP contribution >= 0.6 is 0 Å². The van der Waals surface area contributed by atoms with Crippen molar-refractivity contribution in [1.82, 2.24) is 25.4 Å². The van der Waals surface area contributed by atoms with Crippen LogP contribution in [0.1, 0.15) is 43.5 Å². The summed E-state index contributed by atoms with van der Waals surface area (Å²) >= 11 is 0. The predicted octanol–water partition coefficient (Wildman–Crippen LogP) is 2.00. The fourth-order valence-corrected chi connectivity index (χ4v) is 4.33. The van der Waals surface area contributed by atoms with Gasteiger partial charge in [-0.3, -0.25) is 0 Å². The number of urea groups is 1. The van der Waals surface area contributed by atoms with Crippen LogP contribution in [0.3, 0.4) is 0 Å². The number of halogens is 1. The van der Waals surface area contributed by atoms with E-state index < -0.39 is 0 Å². The Morgan fingerprint density at radius 3 is 2.71 bits per heavy atom. The minimum absolute atomic E-state index is 0.251. The van der Waals surface area contributed by atoms with Gasteiger partial charge in [-0.2, -0.15) is 5.10 Å². The number of nitrogens with zero attached hydrogens (tertiary/aromatic N) is 3. The van der Waals surface area contributed by atoms with E-state index in [1.165, 1.54) is 6.07 Å². The molecule has 0 bridgehead atoms. The normalized spacial score (nSPS) is 14.3. The zero-order chi connectivity index (χ0) is 24.1. The molecule has 1 saturated heterocycles. The molecule has 0 radical (unpaired) electrons. The van der Waals surface area contributed by atoms with Crippen LogP contribution in [0.5, 0.6) is 0 Å². The summed E-state index contributed by atoms with van der Waals surface area (Å²) in [6.07, 6.45) is 4.45. The molecule has 0 spiro atoms. The number of ether oxygens (including phenoxy) is 1. The van der Waals surface area contributed by atoms with E-state index in [1.54, 1.807) is 20.0 Å². The average Bonchev–Trinajstić information content (AvgIpc) is 3.27. The number of carbonyl (C=O) groups is 1. The number of nitrogens with one attached hydrogen (secondary N) is 3. The maximum absolute atomic E-state index is 13.5. The Hall–Kier alpha value is -3.14. The first-order valence-electron chi connectivity index (χ1n) is 12.0. The van der Waals surface area contributed by atoms with Gasteiger partial charge in [0, 0.05) is 50.1 Å². The minimum Gasteiger partial charge on any atom is -0.381 e. The summed E-state index contributed by atoms with van der Waals surface area (Å²) in [5, 5.41) is 15.0. The molecule has 3 N–H and O–H groups in total. The van der Waals surface area contributed by atoms with Gasteiger partial charge in [0.1, 0.15) is 13.7 Å². The van der Waals surface area contributed by atoms with Crippen molar-refractivity contribution in [3.05, 3.63) is 47.0 Å². The number of benzene rings is 1. The second kappa shape index (κ2) is 10.9. The highest BCUT2D eigenvalue weighted by molar-refractivity contribution is 6.32. The van der Waals surface area contributed by atoms with Crippen molar-refractivity contribution < 1.29 is 13.9 Å². The Morgan fingerprint density at radius 2 is 2.00 bits per heavy atom. The fourth-order valence-electron chi connectivity index (χ4n) is 4.33. The second-order valence-corrected chi connectivity index (χ2v) is 8.61. The van der Waals surface area contributed by atoms with E-state index in [0.717, 1.165) is 72.6 Å². The van der Waals surface area contributed by atoms with E-state index in [2.05, 4.69) is 28.0 Å². The van der Waals surface area contributed by atoms with Gasteiger partial charge in [0.05, 0.1) is 17.3 Å². The standard InChI is InChI=1S/C24H32BFN6O2/c1-3-21-17(13-28-24(33)27-12-15-5-6-20(26)19(25)11-15)22(30-16-7-9-34-10-8-16)18-14-29-32(4-2)23(18)31-21/h5-6,11,14,16H,3-4,7-10,12-13,25H2,1-2H3,(H,30,31)(H2,27,28,33). The van der Waals surface area contributed by atoms with Crippen LogP contribution in [0.2, 0.25) is 0 Å². The van der Waals surface area contributed by atoms with Gasteiger partial charge in [0.2, 0.25) is 0 Å². The van der Waals surface area contributed by atoms with Gasteiger partial charge in [0.15, 0.2) is 5.65 Å². The Morgan fingerprint density at radius 1 is 1.24 bits per heavy atom. The van der Waals surface area contributed by atoms with Gasteiger partial charge >= 0.3 is 6.03 Å². The molecule has 8 nitrogen and oxygen atoms in total. The molecule has 2 amide bonds. The van der Waals surface area contributed by atoms with Gasteiger partial charge in [0.25, 0.3) is 0 Å². The highest BCUT2D eigenvalue weighted by Gasteiger charge is 2.22. The molecule has 34 heavy (non-hydrogen) atoms. The van der Waals surface area contributed by atoms with Crippen LogP contribution in [0.15, 0.2) is 24.4 Å². The lowest BCUT2D eigenvalue weighted by Gasteiger charge is -2.26. The molecule has 0 saturated carbocycles. The third-order valence-corrected chi connectivity index (χ3v) is 6.28. The average molecular weight is 466 g/mol. The lowest BCUT2D eigenvalue weighted by atomic mass is 9.94. The van der Waals surface area contributed by atoms with Crippen molar-refractivity contribution in [3.8, 4) is 0 Å². The van der Waals surface area contributed by atoms with Gasteiger partial charge in [-0.05, 0) is 37.8 Å². The summed E-state index contributed by atoms with van der Waals surface area (Å²) in [5.74, 6) is -0.251. The van der Waals surface area contributed by atoms with Gasteiger partial charge in [-0.25, -0.2) is 18.9 Å². The number of aromatic nitrogens is 3. The van der Waals surface area contributed by atoms with Crippen LogP contribution in [0.4, 0.5) is 14.9 Å². The second-order valence-electron chi connectivity index (χ2n) is 8.61. The van der Waals surface area contributed by atoms with E-state index in [9.17, 15) is 9.18 Å². The van der Waals surface area contributed by atoms with Crippen molar-refractivity contribution in [2.45, 2.75) is 58.8 Å². The number of fused-ring (bicyclic) bond motifs is 1. The topological polar surface area (TPSA) is 93.1 Å². The molecule has 3 heterocycles. The summed E-state index contributed by atoms with van der Waals surface area (Å²) in [4.78, 5) is 17.5. The van der Waals surface area contributed by atoms with E-state index in [1.807, 2.05) is 17.8 Å². The SMILES string of the molecule is Bc1cc(CNC(=O)NCc2c(CC)nc3c(cnn3CC)c2NC2CCOCC2)ccc1F. The van der Waals surface area contributed by atoms with E-state index in [4.69, 9.17) is 9.72 Å². The fraction of sp³-hybridized carbons (Fsp3) is 0.458. The number of rotatable bonds is 8. The van der Waals surface area contributed by atoms with Gasteiger partial charge in [-0.15, -0.1) is 0 Å². The third-order valence-electron chi connectivity index (χ3n) is 6.28. The third kappa shape index (κ3) is 5.33. The molecule has 1 aliphatic rings. The predicted molar refractivity (Wildman–Crippen MR) is 134 cm³/mol. The number of hydrogen-bond donors (Lipinski definition) is 3. The molecule has 2 aromatic heterocycles. The highest BCUT2D eigenvalue weighted by atomic mass is 19.1. The van der Waals surface area contributed by atoms with Crippen molar-refractivity contribution in [3.63, 3.8) is 0 Å². The zero-order valence-electron chi connectivity index (χ0n) is 20.1. The Bertz CT molecular complexity index is 1160. The molecular formula is C24H32BFN6O2. The van der Waals surface area contributed by atoms with Crippen molar-refractivity contribution in [2.24, 2.45) is 0 Å². The summed E-state index contributed by atoms with van der Waals surface area (Å²) in [6, 6.07) is 4.85. The first-order valence-corrected chi connectivity index (χ1v) is 12.0. The first-order chi connectivity index (χ1) is 16.5. The molecule has 1 aliphatic heterocycles. The number of aryl methyl sites for hydroxylation is 2. The van der Waals surface area contributed by atoms with Crippen LogP contribution in [-0.4, -0.2) is 47.9 Å². The monoisotopic (exact) mass is 466 g/mol. The lowest BCUT2D eigenvalue weighted by molar-refractivity contribution is 0.0904. The van der Waals surface area contributed by atoms with Gasteiger partial charge < -0.3 is 20.7 Å². The molecule has 1 aromatic carbocycles. The largest absolute Gasteiger partial charge is 0.381 e. The van der Waals surface area contributed by atoms with Crippen molar-refractivity contribution in [1.29, 1.82) is 0 Å². The quantitative estimate of drug-likeness (QED) is 0.442. The molecule has 0 atom stereocenters. The number of hydrogen-bond acceptors (Lipinski definition) is 5. The smallest absolute Gasteiger partial charge is 0.315 e. The Balaban J connectivity index is 1.54. The van der Waals surface area contributed by atoms with E-state index >= 15 is 0 Å². The molecule has 10 heteroatoms. The van der Waals surface area contributed by atoms with Crippen LogP contribution in [0.25, 0.3) is 11.0 Å². The van der Waals surface area contributed by atoms with Gasteiger partial charge in [-0.1, -0.05) is 24.5 Å². The molecular weight excluding hydrogens is 434 g/mol. The molecule has 0 aliphatic carbocycles. The lowest BCUT2D eigenvalue weighted by Crippen LogP contribution is -2.35. The minimum atomic E-state index is -0.287. The first kappa shape index (κ1) is 24.0. The molecule has 3 aromatic rings. The van der Waals surface area contributed by atoms with Crippen molar-refractivity contribution in [2.75, 3.05) is 18.5 Å².